The molecule has 0 saturated heterocycles. The summed E-state index contributed by atoms with van der Waals surface area (Å²) in [5.41, 5.74) is 7.85. The highest BCUT2D eigenvalue weighted by Gasteiger charge is 2.14. The van der Waals surface area contributed by atoms with Gasteiger partial charge in [0.15, 0.2) is 0 Å². The van der Waals surface area contributed by atoms with Crippen molar-refractivity contribution in [2.75, 3.05) is 5.43 Å². The van der Waals surface area contributed by atoms with Gasteiger partial charge in [0.2, 0.25) is 5.13 Å². The molecule has 1 aliphatic rings. The Morgan fingerprint density at radius 2 is 2.10 bits per heavy atom. The number of hydrazone groups is 1. The van der Waals surface area contributed by atoms with E-state index in [0.717, 1.165) is 35.1 Å². The van der Waals surface area contributed by atoms with E-state index in [2.05, 4.69) is 59.0 Å². The summed E-state index contributed by atoms with van der Waals surface area (Å²) in [4.78, 5) is 4.61. The van der Waals surface area contributed by atoms with Gasteiger partial charge < -0.3 is 0 Å². The molecule has 1 fully saturated rings. The molecule has 0 spiro atoms. The summed E-state index contributed by atoms with van der Waals surface area (Å²) in [6.45, 7) is 4.40. The van der Waals surface area contributed by atoms with E-state index in [1.807, 2.05) is 0 Å². The number of hydrogen-bond acceptors (Lipinski definition) is 4. The maximum atomic E-state index is 4.61. The van der Waals surface area contributed by atoms with Crippen molar-refractivity contribution in [3.05, 3.63) is 35.2 Å². The third kappa shape index (κ3) is 3.70. The first-order valence-corrected chi connectivity index (χ1v) is 8.42. The molecule has 1 N–H and O–H groups in total. The number of nitrogens with zero attached hydrogens (tertiary/aromatic N) is 2. The van der Waals surface area contributed by atoms with Gasteiger partial charge in [0.05, 0.1) is 5.69 Å². The fourth-order valence-electron chi connectivity index (χ4n) is 2.67. The zero-order chi connectivity index (χ0) is 14.7. The zero-order valence-corrected chi connectivity index (χ0v) is 13.4. The van der Waals surface area contributed by atoms with Crippen molar-refractivity contribution in [2.45, 2.75) is 39.5 Å². The number of thiazole rings is 1. The molecular weight excluding hydrogens is 278 g/mol. The molecule has 1 aromatic carbocycles. The molecule has 3 nitrogen and oxygen atoms in total. The Labute approximate surface area is 130 Å². The monoisotopic (exact) mass is 299 g/mol. The summed E-state index contributed by atoms with van der Waals surface area (Å²) in [6, 6.07) is 8.46. The minimum absolute atomic E-state index is 0.763. The molecule has 3 rings (SSSR count). The van der Waals surface area contributed by atoms with Gasteiger partial charge in [-0.05, 0) is 38.5 Å². The van der Waals surface area contributed by atoms with E-state index in [0.29, 0.717) is 0 Å². The number of rotatable bonds is 3. The molecule has 1 saturated carbocycles. The van der Waals surface area contributed by atoms with E-state index < -0.39 is 0 Å². The second-order valence-electron chi connectivity index (χ2n) is 5.90. The molecule has 0 amide bonds. The fourth-order valence-corrected chi connectivity index (χ4v) is 3.33. The Bertz CT molecular complexity index is 628. The van der Waals surface area contributed by atoms with Crippen molar-refractivity contribution in [1.29, 1.82) is 0 Å². The number of hydrogen-bond donors (Lipinski definition) is 1. The van der Waals surface area contributed by atoms with Gasteiger partial charge in [0.25, 0.3) is 0 Å². The molecule has 110 valence electrons. The van der Waals surface area contributed by atoms with Gasteiger partial charge in [-0.25, -0.2) is 4.98 Å². The van der Waals surface area contributed by atoms with Crippen LogP contribution in [-0.4, -0.2) is 10.7 Å². The lowest BCUT2D eigenvalue weighted by atomic mass is 9.89. The number of benzene rings is 1. The van der Waals surface area contributed by atoms with E-state index in [1.165, 1.54) is 24.1 Å². The van der Waals surface area contributed by atoms with E-state index in [-0.39, 0.29) is 0 Å². The molecule has 0 bridgehead atoms. The fraction of sp³-hybridized carbons (Fsp3) is 0.412. The van der Waals surface area contributed by atoms with Gasteiger partial charge in [-0.3, -0.25) is 5.43 Å². The van der Waals surface area contributed by atoms with Crippen LogP contribution < -0.4 is 5.43 Å². The first-order chi connectivity index (χ1) is 10.2. The van der Waals surface area contributed by atoms with Gasteiger partial charge in [-0.1, -0.05) is 36.8 Å². The van der Waals surface area contributed by atoms with Crippen LogP contribution in [0.4, 0.5) is 5.13 Å². The topological polar surface area (TPSA) is 37.3 Å². The SMILES string of the molecule is Cc1ccc(-c2csc(N/N=C3/CCCC(C)C3)n2)cc1. The molecule has 21 heavy (non-hydrogen) atoms. The second kappa shape index (κ2) is 6.39. The van der Waals surface area contributed by atoms with E-state index in [1.54, 1.807) is 11.3 Å². The molecule has 4 heteroatoms. The van der Waals surface area contributed by atoms with Crippen molar-refractivity contribution in [3.63, 3.8) is 0 Å². The van der Waals surface area contributed by atoms with Crippen LogP contribution in [0.2, 0.25) is 0 Å². The molecule has 1 unspecified atom stereocenters. The van der Waals surface area contributed by atoms with Crippen molar-refractivity contribution < 1.29 is 0 Å². The lowest BCUT2D eigenvalue weighted by Crippen LogP contribution is -2.13. The molecule has 2 aromatic rings. The van der Waals surface area contributed by atoms with Crippen LogP contribution in [0.3, 0.4) is 0 Å². The van der Waals surface area contributed by atoms with Crippen LogP contribution in [-0.2, 0) is 0 Å². The van der Waals surface area contributed by atoms with Crippen LogP contribution in [0.5, 0.6) is 0 Å². The normalized spacial score (nSPS) is 20.7. The maximum absolute atomic E-state index is 4.61. The van der Waals surface area contributed by atoms with Crippen LogP contribution in [0.15, 0.2) is 34.7 Å². The minimum atomic E-state index is 0.763. The Kier molecular flexibility index (Phi) is 4.34. The van der Waals surface area contributed by atoms with Crippen molar-refractivity contribution >= 4 is 22.2 Å². The summed E-state index contributed by atoms with van der Waals surface area (Å²) < 4.78 is 0. The Hall–Kier alpha value is -1.68. The van der Waals surface area contributed by atoms with E-state index >= 15 is 0 Å². The van der Waals surface area contributed by atoms with Gasteiger partial charge in [-0.2, -0.15) is 5.10 Å². The standard InChI is InChI=1S/C17H21N3S/c1-12-6-8-14(9-7-12)16-11-21-17(18-16)20-19-15-5-3-4-13(2)10-15/h6-9,11,13H,3-5,10H2,1-2H3,(H,18,20)/b19-15-. The predicted molar refractivity (Wildman–Crippen MR) is 91.0 cm³/mol. The van der Waals surface area contributed by atoms with Crippen LogP contribution in [0, 0.1) is 12.8 Å². The first-order valence-electron chi connectivity index (χ1n) is 7.55. The average Bonchev–Trinajstić information content (AvgIpc) is 2.95. The lowest BCUT2D eigenvalue weighted by molar-refractivity contribution is 0.500. The average molecular weight is 299 g/mol. The largest absolute Gasteiger partial charge is 0.253 e. The maximum Gasteiger partial charge on any atom is 0.203 e. The highest BCUT2D eigenvalue weighted by atomic mass is 32.1. The Morgan fingerprint density at radius 3 is 2.86 bits per heavy atom. The quantitative estimate of drug-likeness (QED) is 0.801. The number of aryl methyl sites for hydroxylation is 1. The smallest absolute Gasteiger partial charge is 0.203 e. The Morgan fingerprint density at radius 1 is 1.29 bits per heavy atom. The summed E-state index contributed by atoms with van der Waals surface area (Å²) in [5, 5.41) is 7.49. The van der Waals surface area contributed by atoms with Crippen LogP contribution in [0.25, 0.3) is 11.3 Å². The molecular formula is C17H21N3S. The van der Waals surface area contributed by atoms with Gasteiger partial charge in [-0.15, -0.1) is 11.3 Å². The predicted octanol–water partition coefficient (Wildman–Crippen LogP) is 5.10. The number of anilines is 1. The molecule has 0 aliphatic heterocycles. The van der Waals surface area contributed by atoms with Crippen molar-refractivity contribution in [1.82, 2.24) is 4.98 Å². The molecule has 1 atom stereocenters. The summed E-state index contributed by atoms with van der Waals surface area (Å²) >= 11 is 1.61. The first kappa shape index (κ1) is 14.3. The third-order valence-electron chi connectivity index (χ3n) is 3.91. The Balaban J connectivity index is 1.67. The third-order valence-corrected chi connectivity index (χ3v) is 4.65. The number of aromatic nitrogens is 1. The van der Waals surface area contributed by atoms with Crippen LogP contribution in [0.1, 0.15) is 38.2 Å². The van der Waals surface area contributed by atoms with E-state index in [4.69, 9.17) is 0 Å². The summed E-state index contributed by atoms with van der Waals surface area (Å²) in [5.74, 6) is 0.763. The van der Waals surface area contributed by atoms with Gasteiger partial charge >= 0.3 is 0 Å². The molecule has 1 aromatic heterocycles. The molecule has 1 aliphatic carbocycles. The van der Waals surface area contributed by atoms with Crippen LogP contribution >= 0.6 is 11.3 Å². The minimum Gasteiger partial charge on any atom is -0.253 e. The molecule has 0 radical (unpaired) electrons. The number of nitrogens with one attached hydrogen (secondary N) is 1. The van der Waals surface area contributed by atoms with E-state index in [9.17, 15) is 0 Å². The molecule has 1 heterocycles. The second-order valence-corrected chi connectivity index (χ2v) is 6.75. The van der Waals surface area contributed by atoms with Gasteiger partial charge in [0.1, 0.15) is 0 Å². The highest BCUT2D eigenvalue weighted by molar-refractivity contribution is 7.14. The summed E-state index contributed by atoms with van der Waals surface area (Å²) in [7, 11) is 0. The lowest BCUT2D eigenvalue weighted by Gasteiger charge is -2.18. The van der Waals surface area contributed by atoms with Gasteiger partial charge in [0, 0.05) is 16.7 Å². The highest BCUT2D eigenvalue weighted by Crippen LogP contribution is 2.26. The summed E-state index contributed by atoms with van der Waals surface area (Å²) in [6.07, 6.45) is 4.82. The van der Waals surface area contributed by atoms with Crippen molar-refractivity contribution in [2.24, 2.45) is 11.0 Å². The van der Waals surface area contributed by atoms with Crippen molar-refractivity contribution in [3.8, 4) is 11.3 Å². The zero-order valence-electron chi connectivity index (χ0n) is 12.6.